The second-order valence-corrected chi connectivity index (χ2v) is 7.92. The van der Waals surface area contributed by atoms with Gasteiger partial charge >= 0.3 is 0 Å². The molecule has 0 amide bonds. The maximum Gasteiger partial charge on any atom is 0.245 e. The van der Waals surface area contributed by atoms with E-state index in [0.29, 0.717) is 6.10 Å². The molecule has 1 aromatic heterocycles. The van der Waals surface area contributed by atoms with E-state index in [-0.39, 0.29) is 6.42 Å². The maximum atomic E-state index is 9.26. The molecule has 0 bridgehead atoms. The third-order valence-corrected chi connectivity index (χ3v) is 5.32. The molecule has 162 valence electrons. The summed E-state index contributed by atoms with van der Waals surface area (Å²) in [5.41, 5.74) is 0. The third-order valence-electron chi connectivity index (χ3n) is 5.32. The lowest BCUT2D eigenvalue weighted by molar-refractivity contribution is -0.734. The average molecular weight is 395 g/mol. The fourth-order valence-corrected chi connectivity index (χ4v) is 3.50. The molecule has 28 heavy (non-hydrogen) atoms. The van der Waals surface area contributed by atoms with Crippen molar-refractivity contribution in [2.75, 3.05) is 0 Å². The molecule has 1 aromatic rings. The van der Waals surface area contributed by atoms with Gasteiger partial charge in [0.2, 0.25) is 6.33 Å². The van der Waals surface area contributed by atoms with E-state index >= 15 is 0 Å². The molecule has 0 radical (unpaired) electrons. The van der Waals surface area contributed by atoms with E-state index in [9.17, 15) is 9.90 Å². The SMILES string of the molecule is CCC(=O)[O-].CCCCCCCCCCn1cc[n+](COC2CCCCC2)c1. The lowest BCUT2D eigenvalue weighted by atomic mass is 9.98. The highest BCUT2D eigenvalue weighted by Gasteiger charge is 2.14. The highest BCUT2D eigenvalue weighted by atomic mass is 16.5. The molecule has 0 N–H and O–H groups in total. The van der Waals surface area contributed by atoms with Crippen LogP contribution in [0.25, 0.3) is 0 Å². The Morgan fingerprint density at radius 2 is 1.64 bits per heavy atom. The summed E-state index contributed by atoms with van der Waals surface area (Å²) in [6.07, 6.45) is 24.8. The van der Waals surface area contributed by atoms with Gasteiger partial charge in [0, 0.05) is 5.97 Å². The molecule has 1 heterocycles. The maximum absolute atomic E-state index is 9.26. The zero-order valence-electron chi connectivity index (χ0n) is 18.2. The Balaban J connectivity index is 0.000000696. The minimum absolute atomic E-state index is 0.111. The number of ether oxygens (including phenoxy) is 1. The molecule has 5 heteroatoms. The summed E-state index contributed by atoms with van der Waals surface area (Å²) < 4.78 is 10.5. The van der Waals surface area contributed by atoms with Crippen molar-refractivity contribution in [2.24, 2.45) is 0 Å². The Bertz CT molecular complexity index is 496. The number of carboxylic acid groups (broad SMARTS) is 1. The number of carboxylic acids is 1. The summed E-state index contributed by atoms with van der Waals surface area (Å²) >= 11 is 0. The van der Waals surface area contributed by atoms with Gasteiger partial charge in [-0.25, -0.2) is 9.13 Å². The number of carbonyl (C=O) groups is 1. The zero-order chi connectivity index (χ0) is 20.5. The van der Waals surface area contributed by atoms with Gasteiger partial charge in [0.25, 0.3) is 0 Å². The molecule has 1 aliphatic carbocycles. The molecule has 1 saturated carbocycles. The Morgan fingerprint density at radius 1 is 1.04 bits per heavy atom. The largest absolute Gasteiger partial charge is 0.550 e. The number of hydrogen-bond acceptors (Lipinski definition) is 3. The van der Waals surface area contributed by atoms with Gasteiger partial charge in [-0.2, -0.15) is 0 Å². The van der Waals surface area contributed by atoms with Crippen LogP contribution in [-0.4, -0.2) is 16.6 Å². The van der Waals surface area contributed by atoms with Crippen molar-refractivity contribution in [3.63, 3.8) is 0 Å². The van der Waals surface area contributed by atoms with Gasteiger partial charge in [-0.15, -0.1) is 0 Å². The van der Waals surface area contributed by atoms with E-state index in [1.54, 1.807) is 0 Å². The quantitative estimate of drug-likeness (QED) is 0.369. The smallest absolute Gasteiger partial charge is 0.245 e. The van der Waals surface area contributed by atoms with Crippen LogP contribution in [0.15, 0.2) is 18.7 Å². The molecular weight excluding hydrogens is 352 g/mol. The number of hydrogen-bond donors (Lipinski definition) is 0. The summed E-state index contributed by atoms with van der Waals surface area (Å²) in [5.74, 6) is -0.995. The zero-order valence-corrected chi connectivity index (χ0v) is 18.2. The van der Waals surface area contributed by atoms with Gasteiger partial charge in [0.15, 0.2) is 6.73 Å². The van der Waals surface area contributed by atoms with E-state index in [4.69, 9.17) is 4.74 Å². The van der Waals surface area contributed by atoms with Crippen LogP contribution in [0.1, 0.15) is 104 Å². The number of nitrogens with zero attached hydrogens (tertiary/aromatic N) is 2. The second-order valence-electron chi connectivity index (χ2n) is 7.92. The molecule has 0 aliphatic heterocycles. The molecule has 0 atom stereocenters. The molecular formula is C23H42N2O3. The molecule has 0 saturated heterocycles. The van der Waals surface area contributed by atoms with Crippen molar-refractivity contribution < 1.29 is 19.2 Å². The molecule has 1 fully saturated rings. The van der Waals surface area contributed by atoms with Crippen LogP contribution >= 0.6 is 0 Å². The third kappa shape index (κ3) is 12.9. The van der Waals surface area contributed by atoms with Crippen LogP contribution < -0.4 is 9.67 Å². The minimum Gasteiger partial charge on any atom is -0.550 e. The number of imidazole rings is 1. The van der Waals surface area contributed by atoms with Crippen molar-refractivity contribution in [3.05, 3.63) is 18.7 Å². The van der Waals surface area contributed by atoms with Gasteiger partial charge in [-0.1, -0.05) is 71.6 Å². The summed E-state index contributed by atoms with van der Waals surface area (Å²) in [5, 5.41) is 9.26. The van der Waals surface area contributed by atoms with E-state index in [0.717, 1.165) is 13.3 Å². The van der Waals surface area contributed by atoms with Crippen LogP contribution in [0.5, 0.6) is 0 Å². The van der Waals surface area contributed by atoms with Crippen molar-refractivity contribution in [2.45, 2.75) is 123 Å². The van der Waals surface area contributed by atoms with Crippen molar-refractivity contribution in [3.8, 4) is 0 Å². The van der Waals surface area contributed by atoms with Crippen LogP contribution in [0, 0.1) is 0 Å². The number of aliphatic carboxylic acids is 1. The fourth-order valence-electron chi connectivity index (χ4n) is 3.50. The Labute approximate surface area is 172 Å². The van der Waals surface area contributed by atoms with Crippen LogP contribution in [-0.2, 0) is 22.8 Å². The van der Waals surface area contributed by atoms with Crippen molar-refractivity contribution >= 4 is 5.97 Å². The van der Waals surface area contributed by atoms with Gasteiger partial charge in [0.1, 0.15) is 12.4 Å². The monoisotopic (exact) mass is 394 g/mol. The number of rotatable bonds is 13. The lowest BCUT2D eigenvalue weighted by Gasteiger charge is -2.20. The van der Waals surface area contributed by atoms with Crippen molar-refractivity contribution in [1.82, 2.24) is 4.57 Å². The average Bonchev–Trinajstić information content (AvgIpc) is 3.17. The predicted molar refractivity (Wildman–Crippen MR) is 110 cm³/mol. The second kappa shape index (κ2) is 16.6. The summed E-state index contributed by atoms with van der Waals surface area (Å²) in [4.78, 5) is 9.26. The topological polar surface area (TPSA) is 58.2 Å². The number of unbranched alkanes of at least 4 members (excludes halogenated alkanes) is 7. The first-order valence-electron chi connectivity index (χ1n) is 11.5. The minimum atomic E-state index is -0.995. The van der Waals surface area contributed by atoms with Crippen molar-refractivity contribution in [1.29, 1.82) is 0 Å². The highest BCUT2D eigenvalue weighted by molar-refractivity contribution is 5.63. The Hall–Kier alpha value is -1.36. The molecule has 0 unspecified atom stereocenters. The number of aryl methyl sites for hydroxylation is 1. The summed E-state index contributed by atoms with van der Waals surface area (Å²) in [6.45, 7) is 5.68. The van der Waals surface area contributed by atoms with Gasteiger partial charge in [-0.3, -0.25) is 0 Å². The molecule has 5 nitrogen and oxygen atoms in total. The first-order valence-corrected chi connectivity index (χ1v) is 11.5. The number of aromatic nitrogens is 2. The Kier molecular flexibility index (Phi) is 14.6. The molecule has 0 spiro atoms. The van der Waals surface area contributed by atoms with Crippen LogP contribution in [0.3, 0.4) is 0 Å². The summed E-state index contributed by atoms with van der Waals surface area (Å²) in [6, 6.07) is 0. The lowest BCUT2D eigenvalue weighted by Crippen LogP contribution is -2.35. The highest BCUT2D eigenvalue weighted by Crippen LogP contribution is 2.20. The Morgan fingerprint density at radius 3 is 2.25 bits per heavy atom. The molecule has 0 aromatic carbocycles. The van der Waals surface area contributed by atoms with Crippen LogP contribution in [0.2, 0.25) is 0 Å². The van der Waals surface area contributed by atoms with E-state index < -0.39 is 5.97 Å². The van der Waals surface area contributed by atoms with E-state index in [1.165, 1.54) is 90.4 Å². The first-order chi connectivity index (χ1) is 13.7. The summed E-state index contributed by atoms with van der Waals surface area (Å²) in [7, 11) is 0. The fraction of sp³-hybridized carbons (Fsp3) is 0.826. The van der Waals surface area contributed by atoms with E-state index in [2.05, 4.69) is 34.8 Å². The van der Waals surface area contributed by atoms with Gasteiger partial charge in [0.05, 0.1) is 12.6 Å². The normalized spacial score (nSPS) is 14.5. The van der Waals surface area contributed by atoms with Gasteiger partial charge in [-0.05, 0) is 32.1 Å². The van der Waals surface area contributed by atoms with E-state index in [1.807, 2.05) is 0 Å². The first kappa shape index (κ1) is 24.7. The molecule has 2 rings (SSSR count). The van der Waals surface area contributed by atoms with Crippen LogP contribution in [0.4, 0.5) is 0 Å². The number of carbonyl (C=O) groups excluding carboxylic acids is 1. The predicted octanol–water partition coefficient (Wildman–Crippen LogP) is 4.37. The molecule has 1 aliphatic rings. The standard InChI is InChI=1S/C20H37N2O.C3H6O2/c1-2-3-4-5-6-7-8-12-15-21-16-17-22(18-21)19-23-20-13-10-9-11-14-20;1-2-3(4)5/h16-18,20H,2-15,19H2,1H3;2H2,1H3,(H,4,5)/q+1;/p-1. The van der Waals surface area contributed by atoms with Gasteiger partial charge < -0.3 is 14.6 Å².